The van der Waals surface area contributed by atoms with E-state index in [0.717, 1.165) is 31.0 Å². The molecular weight excluding hydrogens is 258 g/mol. The van der Waals surface area contributed by atoms with Crippen molar-refractivity contribution in [1.82, 2.24) is 4.37 Å². The molecular formula is C10H19N3O2S2. The molecule has 0 unspecified atom stereocenters. The van der Waals surface area contributed by atoms with E-state index in [1.165, 1.54) is 0 Å². The highest BCUT2D eigenvalue weighted by atomic mass is 32.2. The zero-order chi connectivity index (χ0) is 13.1. The maximum atomic E-state index is 12.0. The van der Waals surface area contributed by atoms with Gasteiger partial charge in [0.1, 0.15) is 9.90 Å². The minimum absolute atomic E-state index is 0.0479. The van der Waals surface area contributed by atoms with Crippen LogP contribution >= 0.6 is 11.5 Å². The summed E-state index contributed by atoms with van der Waals surface area (Å²) in [5, 5.41) is 0.675. The summed E-state index contributed by atoms with van der Waals surface area (Å²) in [6.07, 6.45) is 0.956. The molecule has 0 saturated carbocycles. The Bertz CT molecular complexity index is 468. The zero-order valence-electron chi connectivity index (χ0n) is 10.4. The Balaban J connectivity index is 3.27. The van der Waals surface area contributed by atoms with E-state index >= 15 is 0 Å². The monoisotopic (exact) mass is 277 g/mol. The third kappa shape index (κ3) is 2.90. The van der Waals surface area contributed by atoms with Gasteiger partial charge in [-0.05, 0) is 24.9 Å². The first-order valence-corrected chi connectivity index (χ1v) is 8.13. The predicted octanol–water partition coefficient (Wildman–Crippen LogP) is 1.76. The number of nitrogens with zero attached hydrogens (tertiary/aromatic N) is 2. The lowest BCUT2D eigenvalue weighted by atomic mass is 10.4. The number of sulfone groups is 1. The molecule has 7 heteroatoms. The van der Waals surface area contributed by atoms with Gasteiger partial charge in [-0.1, -0.05) is 13.8 Å². The summed E-state index contributed by atoms with van der Waals surface area (Å²) in [4.78, 5) is 2.22. The van der Waals surface area contributed by atoms with Crippen LogP contribution in [0.5, 0.6) is 0 Å². The van der Waals surface area contributed by atoms with Gasteiger partial charge in [-0.25, -0.2) is 8.42 Å². The summed E-state index contributed by atoms with van der Waals surface area (Å²) in [5.41, 5.74) is 5.69. The first-order chi connectivity index (χ1) is 7.97. The van der Waals surface area contributed by atoms with Crippen molar-refractivity contribution in [3.63, 3.8) is 0 Å². The van der Waals surface area contributed by atoms with Crippen LogP contribution in [0.3, 0.4) is 0 Å². The largest absolute Gasteiger partial charge is 0.382 e. The van der Waals surface area contributed by atoms with Gasteiger partial charge in [0.15, 0.2) is 15.7 Å². The van der Waals surface area contributed by atoms with Crippen molar-refractivity contribution in [2.75, 3.05) is 29.5 Å². The Hall–Kier alpha value is -0.820. The van der Waals surface area contributed by atoms with Gasteiger partial charge < -0.3 is 10.6 Å². The minimum Gasteiger partial charge on any atom is -0.382 e. The second-order valence-electron chi connectivity index (χ2n) is 3.69. The van der Waals surface area contributed by atoms with E-state index in [2.05, 4.69) is 11.3 Å². The van der Waals surface area contributed by atoms with Crippen molar-refractivity contribution in [3.05, 3.63) is 0 Å². The topological polar surface area (TPSA) is 76.3 Å². The highest BCUT2D eigenvalue weighted by molar-refractivity contribution is 7.91. The zero-order valence-corrected chi connectivity index (χ0v) is 12.1. The smallest absolute Gasteiger partial charge is 0.184 e. The van der Waals surface area contributed by atoms with Gasteiger partial charge in [-0.15, -0.1) is 0 Å². The Morgan fingerprint density at radius 2 is 2.00 bits per heavy atom. The Morgan fingerprint density at radius 3 is 2.47 bits per heavy atom. The van der Waals surface area contributed by atoms with Gasteiger partial charge in [0.05, 0.1) is 5.75 Å². The van der Waals surface area contributed by atoms with E-state index in [-0.39, 0.29) is 16.5 Å². The molecule has 1 aromatic rings. The summed E-state index contributed by atoms with van der Waals surface area (Å²) < 4.78 is 28.0. The van der Waals surface area contributed by atoms with Gasteiger partial charge in [0.2, 0.25) is 0 Å². The molecule has 0 radical (unpaired) electrons. The van der Waals surface area contributed by atoms with Crippen LogP contribution in [0.15, 0.2) is 4.90 Å². The van der Waals surface area contributed by atoms with Crippen LogP contribution in [0.25, 0.3) is 0 Å². The number of aromatic nitrogens is 1. The number of hydrogen-bond acceptors (Lipinski definition) is 6. The molecule has 0 aromatic carbocycles. The number of nitrogen functional groups attached to an aromatic ring is 1. The molecule has 0 bridgehead atoms. The van der Waals surface area contributed by atoms with Crippen LogP contribution in [0.1, 0.15) is 27.2 Å². The lowest BCUT2D eigenvalue weighted by molar-refractivity contribution is 0.597. The maximum Gasteiger partial charge on any atom is 0.184 e. The third-order valence-electron chi connectivity index (χ3n) is 2.51. The van der Waals surface area contributed by atoms with Gasteiger partial charge in [-0.3, -0.25) is 0 Å². The van der Waals surface area contributed by atoms with E-state index in [0.29, 0.717) is 5.00 Å². The summed E-state index contributed by atoms with van der Waals surface area (Å²) in [6.45, 7) is 7.23. The van der Waals surface area contributed by atoms with Gasteiger partial charge in [0.25, 0.3) is 0 Å². The fraction of sp³-hybridized carbons (Fsp3) is 0.700. The van der Waals surface area contributed by atoms with Gasteiger partial charge in [0, 0.05) is 13.1 Å². The minimum atomic E-state index is -3.31. The lowest BCUT2D eigenvalue weighted by Crippen LogP contribution is -2.24. The second kappa shape index (κ2) is 5.68. The standard InChI is InChI=1S/C10H19N3O2S2/c1-4-7-13(5-2)10-8(9(11)12-16-10)17(14,15)6-3/h4-7H2,1-3H3,(H2,11,12). The fourth-order valence-corrected chi connectivity index (χ4v) is 3.99. The molecule has 0 saturated heterocycles. The van der Waals surface area contributed by atoms with Crippen molar-refractivity contribution in [2.24, 2.45) is 0 Å². The SMILES string of the molecule is CCCN(CC)c1snc(N)c1S(=O)(=O)CC. The first-order valence-electron chi connectivity index (χ1n) is 5.70. The van der Waals surface area contributed by atoms with Crippen molar-refractivity contribution < 1.29 is 8.42 Å². The molecule has 0 aliphatic carbocycles. The average molecular weight is 277 g/mol. The highest BCUT2D eigenvalue weighted by Gasteiger charge is 2.26. The molecule has 0 amide bonds. The Kier molecular flexibility index (Phi) is 4.76. The molecule has 5 nitrogen and oxygen atoms in total. The van der Waals surface area contributed by atoms with E-state index in [1.54, 1.807) is 6.92 Å². The summed E-state index contributed by atoms with van der Waals surface area (Å²) in [5.74, 6) is 0.174. The van der Waals surface area contributed by atoms with Crippen molar-refractivity contribution >= 4 is 32.2 Å². The Morgan fingerprint density at radius 1 is 1.35 bits per heavy atom. The number of hydrogen-bond donors (Lipinski definition) is 1. The molecule has 2 N–H and O–H groups in total. The number of rotatable bonds is 6. The van der Waals surface area contributed by atoms with Crippen LogP contribution in [-0.2, 0) is 9.84 Å². The molecule has 1 rings (SSSR count). The quantitative estimate of drug-likeness (QED) is 0.857. The molecule has 98 valence electrons. The normalized spacial score (nSPS) is 11.7. The predicted molar refractivity (Wildman–Crippen MR) is 72.4 cm³/mol. The van der Waals surface area contributed by atoms with E-state index in [4.69, 9.17) is 5.73 Å². The van der Waals surface area contributed by atoms with E-state index < -0.39 is 9.84 Å². The second-order valence-corrected chi connectivity index (χ2v) is 6.65. The molecule has 0 aliphatic heterocycles. The Labute approximate surface area is 107 Å². The van der Waals surface area contributed by atoms with Crippen molar-refractivity contribution in [2.45, 2.75) is 32.1 Å². The molecule has 0 aliphatic rings. The van der Waals surface area contributed by atoms with Crippen molar-refractivity contribution in [1.29, 1.82) is 0 Å². The van der Waals surface area contributed by atoms with E-state index in [1.807, 2.05) is 11.8 Å². The summed E-state index contributed by atoms with van der Waals surface area (Å²) in [7, 11) is -3.31. The van der Waals surface area contributed by atoms with E-state index in [9.17, 15) is 8.42 Å². The molecule has 1 heterocycles. The van der Waals surface area contributed by atoms with Crippen LogP contribution in [0, 0.1) is 0 Å². The van der Waals surface area contributed by atoms with Gasteiger partial charge in [-0.2, -0.15) is 4.37 Å². The van der Waals surface area contributed by atoms with Gasteiger partial charge >= 0.3 is 0 Å². The molecule has 0 fully saturated rings. The van der Waals surface area contributed by atoms with Crippen molar-refractivity contribution in [3.8, 4) is 0 Å². The molecule has 17 heavy (non-hydrogen) atoms. The van der Waals surface area contributed by atoms with Crippen LogP contribution < -0.4 is 10.6 Å². The maximum absolute atomic E-state index is 12.0. The number of anilines is 2. The van der Waals surface area contributed by atoms with Crippen LogP contribution in [0.2, 0.25) is 0 Å². The van der Waals surface area contributed by atoms with Crippen LogP contribution in [-0.4, -0.2) is 31.6 Å². The third-order valence-corrected chi connectivity index (χ3v) is 5.35. The fourth-order valence-electron chi connectivity index (χ4n) is 1.60. The summed E-state index contributed by atoms with van der Waals surface area (Å²) in [6, 6.07) is 0. The average Bonchev–Trinajstić information content (AvgIpc) is 2.68. The number of nitrogens with two attached hydrogens (primary N) is 1. The summed E-state index contributed by atoms with van der Waals surface area (Å²) >= 11 is 1.16. The molecule has 0 atom stereocenters. The lowest BCUT2D eigenvalue weighted by Gasteiger charge is -2.21. The molecule has 0 spiro atoms. The first kappa shape index (κ1) is 14.2. The highest BCUT2D eigenvalue weighted by Crippen LogP contribution is 2.35. The molecule has 1 aromatic heterocycles. The van der Waals surface area contributed by atoms with Crippen LogP contribution in [0.4, 0.5) is 10.8 Å².